The van der Waals surface area contributed by atoms with Gasteiger partial charge < -0.3 is 5.11 Å². The SMILES string of the molecule is CCc1nc(C(C)(F)F)cc(C2CC2)c1C(=O)O. The average Bonchev–Trinajstić information content (AvgIpc) is 3.09. The molecule has 0 amide bonds. The van der Waals surface area contributed by atoms with Crippen molar-refractivity contribution in [2.45, 2.75) is 45.0 Å². The fraction of sp³-hybridized carbons (Fsp3) is 0.538. The van der Waals surface area contributed by atoms with Crippen LogP contribution < -0.4 is 0 Å². The van der Waals surface area contributed by atoms with E-state index in [2.05, 4.69) is 4.98 Å². The van der Waals surface area contributed by atoms with Gasteiger partial charge in [0.2, 0.25) is 0 Å². The Morgan fingerprint density at radius 1 is 1.56 bits per heavy atom. The third-order valence-corrected chi connectivity index (χ3v) is 3.14. The lowest BCUT2D eigenvalue weighted by Crippen LogP contribution is -2.16. The maximum Gasteiger partial charge on any atom is 0.337 e. The van der Waals surface area contributed by atoms with Gasteiger partial charge in [-0.2, -0.15) is 8.78 Å². The van der Waals surface area contributed by atoms with Crippen LogP contribution >= 0.6 is 0 Å². The summed E-state index contributed by atoms with van der Waals surface area (Å²) in [5.41, 5.74) is 0.563. The number of carboxylic acid groups (broad SMARTS) is 1. The van der Waals surface area contributed by atoms with Gasteiger partial charge in [0.15, 0.2) is 0 Å². The van der Waals surface area contributed by atoms with E-state index in [-0.39, 0.29) is 22.9 Å². The monoisotopic (exact) mass is 255 g/mol. The van der Waals surface area contributed by atoms with Crippen LogP contribution in [0.1, 0.15) is 59.9 Å². The Labute approximate surface area is 104 Å². The van der Waals surface area contributed by atoms with Crippen LogP contribution in [0.5, 0.6) is 0 Å². The van der Waals surface area contributed by atoms with Crippen molar-refractivity contribution < 1.29 is 18.7 Å². The van der Waals surface area contributed by atoms with Gasteiger partial charge in [-0.15, -0.1) is 0 Å². The Kier molecular flexibility index (Phi) is 3.09. The van der Waals surface area contributed by atoms with Crippen molar-refractivity contribution in [3.05, 3.63) is 28.6 Å². The van der Waals surface area contributed by atoms with Gasteiger partial charge in [-0.3, -0.25) is 4.98 Å². The fourth-order valence-electron chi connectivity index (χ4n) is 2.06. The van der Waals surface area contributed by atoms with Crippen LogP contribution in [0, 0.1) is 0 Å². The maximum absolute atomic E-state index is 13.4. The summed E-state index contributed by atoms with van der Waals surface area (Å²) in [6.45, 7) is 2.51. The van der Waals surface area contributed by atoms with Crippen LogP contribution in [0.2, 0.25) is 0 Å². The molecule has 18 heavy (non-hydrogen) atoms. The van der Waals surface area contributed by atoms with E-state index >= 15 is 0 Å². The molecule has 2 rings (SSSR count). The maximum atomic E-state index is 13.4. The highest BCUT2D eigenvalue weighted by Crippen LogP contribution is 2.43. The summed E-state index contributed by atoms with van der Waals surface area (Å²) in [5.74, 6) is -4.01. The number of hydrogen-bond donors (Lipinski definition) is 1. The van der Waals surface area contributed by atoms with Gasteiger partial charge in [0.25, 0.3) is 5.92 Å². The van der Waals surface area contributed by atoms with E-state index in [1.807, 2.05) is 0 Å². The molecule has 1 aliphatic carbocycles. The Bertz CT molecular complexity index is 490. The van der Waals surface area contributed by atoms with Gasteiger partial charge in [-0.05, 0) is 36.8 Å². The van der Waals surface area contributed by atoms with E-state index in [0.29, 0.717) is 12.0 Å². The van der Waals surface area contributed by atoms with Crippen LogP contribution in [0.25, 0.3) is 0 Å². The second kappa shape index (κ2) is 4.30. The van der Waals surface area contributed by atoms with Crippen molar-refractivity contribution in [2.24, 2.45) is 0 Å². The predicted molar refractivity (Wildman–Crippen MR) is 62.1 cm³/mol. The average molecular weight is 255 g/mol. The normalized spacial score (nSPS) is 15.8. The summed E-state index contributed by atoms with van der Waals surface area (Å²) in [5, 5.41) is 9.22. The molecule has 1 N–H and O–H groups in total. The number of aromatic nitrogens is 1. The number of pyridine rings is 1. The van der Waals surface area contributed by atoms with Crippen molar-refractivity contribution in [2.75, 3.05) is 0 Å². The molecule has 0 bridgehead atoms. The topological polar surface area (TPSA) is 50.2 Å². The van der Waals surface area contributed by atoms with E-state index < -0.39 is 11.9 Å². The van der Waals surface area contributed by atoms with Crippen LogP contribution in [0.3, 0.4) is 0 Å². The zero-order valence-corrected chi connectivity index (χ0v) is 10.3. The summed E-state index contributed by atoms with van der Waals surface area (Å²) in [6, 6.07) is 1.26. The molecule has 1 aromatic rings. The second-order valence-electron chi connectivity index (χ2n) is 4.74. The molecule has 0 atom stereocenters. The molecule has 1 aliphatic rings. The van der Waals surface area contributed by atoms with E-state index in [1.54, 1.807) is 6.92 Å². The minimum atomic E-state index is -3.04. The minimum Gasteiger partial charge on any atom is -0.478 e. The lowest BCUT2D eigenvalue weighted by atomic mass is 9.98. The number of carboxylic acids is 1. The summed E-state index contributed by atoms with van der Waals surface area (Å²) in [7, 11) is 0. The molecule has 0 saturated heterocycles. The lowest BCUT2D eigenvalue weighted by Gasteiger charge is -2.16. The molecule has 1 heterocycles. The minimum absolute atomic E-state index is 0.102. The van der Waals surface area contributed by atoms with E-state index in [4.69, 9.17) is 0 Å². The number of rotatable bonds is 4. The number of carbonyl (C=O) groups is 1. The Morgan fingerprint density at radius 3 is 2.56 bits per heavy atom. The molecule has 1 aromatic heterocycles. The van der Waals surface area contributed by atoms with Crippen molar-refractivity contribution in [3.8, 4) is 0 Å². The molecule has 1 fully saturated rings. The summed E-state index contributed by atoms with van der Waals surface area (Å²) in [6.07, 6.45) is 2.07. The first kappa shape index (κ1) is 12.9. The highest BCUT2D eigenvalue weighted by atomic mass is 19.3. The van der Waals surface area contributed by atoms with E-state index in [1.165, 1.54) is 6.07 Å². The highest BCUT2D eigenvalue weighted by Gasteiger charge is 2.34. The molecule has 5 heteroatoms. The predicted octanol–water partition coefficient (Wildman–Crippen LogP) is 3.33. The Morgan fingerprint density at radius 2 is 2.17 bits per heavy atom. The smallest absolute Gasteiger partial charge is 0.337 e. The van der Waals surface area contributed by atoms with E-state index in [0.717, 1.165) is 19.8 Å². The first-order chi connectivity index (χ1) is 8.34. The highest BCUT2D eigenvalue weighted by molar-refractivity contribution is 5.91. The van der Waals surface area contributed by atoms with Gasteiger partial charge in [-0.25, -0.2) is 4.79 Å². The molecule has 0 unspecified atom stereocenters. The van der Waals surface area contributed by atoms with Crippen molar-refractivity contribution in [1.82, 2.24) is 4.98 Å². The number of alkyl halides is 2. The number of halogens is 2. The van der Waals surface area contributed by atoms with Crippen molar-refractivity contribution >= 4 is 5.97 Å². The van der Waals surface area contributed by atoms with Crippen molar-refractivity contribution in [1.29, 1.82) is 0 Å². The standard InChI is InChI=1S/C13H15F2NO2/c1-3-9-11(12(17)18)8(7-4-5-7)6-10(16-9)13(2,14)15/h6-7H,3-5H2,1-2H3,(H,17,18). The summed E-state index contributed by atoms with van der Waals surface area (Å²) >= 11 is 0. The molecule has 0 aliphatic heterocycles. The van der Waals surface area contributed by atoms with Crippen LogP contribution in [0.15, 0.2) is 6.07 Å². The van der Waals surface area contributed by atoms with Gasteiger partial charge >= 0.3 is 5.97 Å². The van der Waals surface area contributed by atoms with Gasteiger partial charge in [0.05, 0.1) is 11.3 Å². The largest absolute Gasteiger partial charge is 0.478 e. The zero-order valence-electron chi connectivity index (χ0n) is 10.3. The first-order valence-electron chi connectivity index (χ1n) is 6.00. The molecule has 0 radical (unpaired) electrons. The van der Waals surface area contributed by atoms with Crippen LogP contribution in [-0.4, -0.2) is 16.1 Å². The summed E-state index contributed by atoms with van der Waals surface area (Å²) in [4.78, 5) is 15.1. The Balaban J connectivity index is 2.63. The Hall–Kier alpha value is -1.52. The third kappa shape index (κ3) is 2.35. The number of aromatic carboxylic acids is 1. The van der Waals surface area contributed by atoms with Crippen molar-refractivity contribution in [3.63, 3.8) is 0 Å². The molecule has 0 spiro atoms. The second-order valence-corrected chi connectivity index (χ2v) is 4.74. The summed E-state index contributed by atoms with van der Waals surface area (Å²) < 4.78 is 26.7. The number of nitrogens with zero attached hydrogens (tertiary/aromatic N) is 1. The molecule has 3 nitrogen and oxygen atoms in total. The molecular weight excluding hydrogens is 240 g/mol. The van der Waals surface area contributed by atoms with Gasteiger partial charge in [-0.1, -0.05) is 6.92 Å². The van der Waals surface area contributed by atoms with E-state index in [9.17, 15) is 18.7 Å². The number of aryl methyl sites for hydroxylation is 1. The van der Waals surface area contributed by atoms with Gasteiger partial charge in [0.1, 0.15) is 5.69 Å². The molecule has 1 saturated carbocycles. The quantitative estimate of drug-likeness (QED) is 0.897. The van der Waals surface area contributed by atoms with Crippen LogP contribution in [0.4, 0.5) is 8.78 Å². The molecule has 98 valence electrons. The van der Waals surface area contributed by atoms with Crippen LogP contribution in [-0.2, 0) is 12.3 Å². The zero-order chi connectivity index (χ0) is 13.5. The molecule has 0 aromatic carbocycles. The van der Waals surface area contributed by atoms with Gasteiger partial charge in [0, 0.05) is 6.92 Å². The third-order valence-electron chi connectivity index (χ3n) is 3.14. The fourth-order valence-corrected chi connectivity index (χ4v) is 2.06. The molecular formula is C13H15F2NO2. The first-order valence-corrected chi connectivity index (χ1v) is 6.00. The lowest BCUT2D eigenvalue weighted by molar-refractivity contribution is 0.0123. The number of hydrogen-bond acceptors (Lipinski definition) is 2.